The first-order chi connectivity index (χ1) is 14.8. The molecule has 0 unspecified atom stereocenters. The number of benzene rings is 3. The van der Waals surface area contributed by atoms with Gasteiger partial charge in [-0.25, -0.2) is 15.0 Å². The Morgan fingerprint density at radius 2 is 1.53 bits per heavy atom. The van der Waals surface area contributed by atoms with Crippen molar-refractivity contribution in [1.82, 2.24) is 15.4 Å². The number of aromatic nitrogens is 2. The summed E-state index contributed by atoms with van der Waals surface area (Å²) in [6, 6.07) is 29.8. The van der Waals surface area contributed by atoms with Gasteiger partial charge in [-0.15, -0.1) is 11.3 Å². The Morgan fingerprint density at radius 3 is 2.40 bits per heavy atom. The molecule has 1 N–H and O–H groups in total. The van der Waals surface area contributed by atoms with Crippen LogP contribution in [0.4, 0.5) is 5.69 Å². The first-order valence-corrected chi connectivity index (χ1v) is 10.3. The topological polar surface area (TPSA) is 62.5 Å². The molecule has 0 radical (unpaired) electrons. The van der Waals surface area contributed by atoms with Crippen LogP contribution in [0, 0.1) is 0 Å². The SMILES string of the molecule is C(=N/NC(=Nc1ccccc1)c1ccc2ccccc2n1)/c1nc2ccccc2s1. The van der Waals surface area contributed by atoms with E-state index < -0.39 is 0 Å². The van der Waals surface area contributed by atoms with Crippen molar-refractivity contribution >= 4 is 50.2 Å². The van der Waals surface area contributed by atoms with Gasteiger partial charge in [0.05, 0.1) is 27.6 Å². The molecule has 0 saturated carbocycles. The highest BCUT2D eigenvalue weighted by Crippen LogP contribution is 2.20. The summed E-state index contributed by atoms with van der Waals surface area (Å²) in [4.78, 5) is 14.1. The number of nitrogens with one attached hydrogen (secondary N) is 1. The largest absolute Gasteiger partial charge is 0.259 e. The molecule has 5 nitrogen and oxygen atoms in total. The number of aliphatic imine (C=N–C) groups is 1. The van der Waals surface area contributed by atoms with Crippen LogP contribution in [0.5, 0.6) is 0 Å². The second-order valence-corrected chi connectivity index (χ2v) is 7.64. The number of para-hydroxylation sites is 3. The minimum atomic E-state index is 0.573. The molecular formula is C24H17N5S. The molecule has 30 heavy (non-hydrogen) atoms. The highest BCUT2D eigenvalue weighted by molar-refractivity contribution is 7.20. The summed E-state index contributed by atoms with van der Waals surface area (Å²) in [7, 11) is 0. The Bertz CT molecular complexity index is 1340. The van der Waals surface area contributed by atoms with E-state index in [1.165, 1.54) is 0 Å². The average molecular weight is 408 g/mol. The average Bonchev–Trinajstić information content (AvgIpc) is 3.22. The summed E-state index contributed by atoms with van der Waals surface area (Å²) in [5, 5.41) is 6.30. The number of fused-ring (bicyclic) bond motifs is 2. The van der Waals surface area contributed by atoms with Gasteiger partial charge in [0, 0.05) is 5.39 Å². The summed E-state index contributed by atoms with van der Waals surface area (Å²) in [5.74, 6) is 0.573. The molecule has 0 aliphatic heterocycles. The predicted octanol–water partition coefficient (Wildman–Crippen LogP) is 5.55. The van der Waals surface area contributed by atoms with E-state index in [9.17, 15) is 0 Å². The van der Waals surface area contributed by atoms with Gasteiger partial charge >= 0.3 is 0 Å². The highest BCUT2D eigenvalue weighted by atomic mass is 32.1. The van der Waals surface area contributed by atoms with E-state index in [1.54, 1.807) is 17.6 Å². The molecule has 144 valence electrons. The third kappa shape index (κ3) is 3.94. The van der Waals surface area contributed by atoms with Gasteiger partial charge in [0.15, 0.2) is 5.84 Å². The molecule has 0 bridgehead atoms. The quantitative estimate of drug-likeness (QED) is 0.241. The third-order valence-electron chi connectivity index (χ3n) is 4.49. The van der Waals surface area contributed by atoms with Gasteiger partial charge < -0.3 is 0 Å². The Hall–Kier alpha value is -3.90. The van der Waals surface area contributed by atoms with Crippen molar-refractivity contribution in [2.24, 2.45) is 10.1 Å². The van der Waals surface area contributed by atoms with Crippen LogP contribution in [0.1, 0.15) is 10.7 Å². The van der Waals surface area contributed by atoms with Gasteiger partial charge in [0.1, 0.15) is 10.7 Å². The molecule has 0 amide bonds. The summed E-state index contributed by atoms with van der Waals surface area (Å²) in [6.07, 6.45) is 1.71. The standard InChI is InChI=1S/C24H17N5S/c1-2-9-18(10-3-1)26-24(21-15-14-17-8-4-5-11-19(17)27-21)29-25-16-23-28-20-12-6-7-13-22(20)30-23/h1-16H,(H,26,29)/b25-16-. The van der Waals surface area contributed by atoms with Crippen LogP contribution < -0.4 is 5.43 Å². The molecule has 5 rings (SSSR count). The maximum Gasteiger partial charge on any atom is 0.173 e. The van der Waals surface area contributed by atoms with E-state index >= 15 is 0 Å². The molecule has 6 heteroatoms. The van der Waals surface area contributed by atoms with Gasteiger partial charge in [-0.3, -0.25) is 5.43 Å². The Morgan fingerprint density at radius 1 is 0.767 bits per heavy atom. The smallest absolute Gasteiger partial charge is 0.173 e. The van der Waals surface area contributed by atoms with Crippen molar-refractivity contribution in [3.8, 4) is 0 Å². The summed E-state index contributed by atoms with van der Waals surface area (Å²) >= 11 is 1.59. The first kappa shape index (κ1) is 18.1. The maximum absolute atomic E-state index is 4.75. The Balaban J connectivity index is 1.48. The normalized spacial score (nSPS) is 12.1. The lowest BCUT2D eigenvalue weighted by atomic mass is 10.2. The summed E-state index contributed by atoms with van der Waals surface area (Å²) in [5.41, 5.74) is 6.49. The van der Waals surface area contributed by atoms with E-state index in [0.717, 1.165) is 37.5 Å². The molecule has 0 aliphatic rings. The summed E-state index contributed by atoms with van der Waals surface area (Å²) in [6.45, 7) is 0. The van der Waals surface area contributed by atoms with Crippen LogP contribution in [0.2, 0.25) is 0 Å². The minimum absolute atomic E-state index is 0.573. The molecule has 0 saturated heterocycles. The van der Waals surface area contributed by atoms with E-state index in [-0.39, 0.29) is 0 Å². The van der Waals surface area contributed by atoms with Crippen molar-refractivity contribution in [2.75, 3.05) is 0 Å². The Labute approximate surface area is 177 Å². The van der Waals surface area contributed by atoms with E-state index in [2.05, 4.69) is 21.6 Å². The number of hydrogen-bond acceptors (Lipinski definition) is 5. The molecule has 2 aromatic heterocycles. The van der Waals surface area contributed by atoms with Gasteiger partial charge in [0.2, 0.25) is 0 Å². The zero-order valence-electron chi connectivity index (χ0n) is 15.9. The van der Waals surface area contributed by atoms with E-state index in [4.69, 9.17) is 9.98 Å². The second-order valence-electron chi connectivity index (χ2n) is 6.57. The molecule has 0 atom stereocenters. The predicted molar refractivity (Wildman–Crippen MR) is 125 cm³/mol. The van der Waals surface area contributed by atoms with Crippen molar-refractivity contribution < 1.29 is 0 Å². The highest BCUT2D eigenvalue weighted by Gasteiger charge is 2.07. The van der Waals surface area contributed by atoms with Gasteiger partial charge in [-0.05, 0) is 36.4 Å². The van der Waals surface area contributed by atoms with Crippen LogP contribution in [-0.4, -0.2) is 22.0 Å². The van der Waals surface area contributed by atoms with Crippen LogP contribution in [-0.2, 0) is 0 Å². The van der Waals surface area contributed by atoms with Crippen LogP contribution >= 0.6 is 11.3 Å². The number of nitrogens with zero attached hydrogens (tertiary/aromatic N) is 4. The molecule has 0 aliphatic carbocycles. The molecule has 3 aromatic carbocycles. The zero-order chi connectivity index (χ0) is 20.2. The summed E-state index contributed by atoms with van der Waals surface area (Å²) < 4.78 is 1.13. The molecular weight excluding hydrogens is 390 g/mol. The lowest BCUT2D eigenvalue weighted by Crippen LogP contribution is -2.20. The Kier molecular flexibility index (Phi) is 4.98. The van der Waals surface area contributed by atoms with Gasteiger partial charge in [0.25, 0.3) is 0 Å². The third-order valence-corrected chi connectivity index (χ3v) is 5.46. The van der Waals surface area contributed by atoms with Crippen molar-refractivity contribution in [2.45, 2.75) is 0 Å². The van der Waals surface area contributed by atoms with Crippen LogP contribution in [0.15, 0.2) is 101 Å². The fourth-order valence-electron chi connectivity index (χ4n) is 3.06. The molecule has 5 aromatic rings. The first-order valence-electron chi connectivity index (χ1n) is 9.50. The van der Waals surface area contributed by atoms with E-state index in [0.29, 0.717) is 5.84 Å². The number of pyridine rings is 1. The van der Waals surface area contributed by atoms with E-state index in [1.807, 2.05) is 84.9 Å². The van der Waals surface area contributed by atoms with Crippen molar-refractivity contribution in [3.63, 3.8) is 0 Å². The molecule has 0 spiro atoms. The fourth-order valence-corrected chi connectivity index (χ4v) is 3.90. The number of amidine groups is 1. The van der Waals surface area contributed by atoms with Crippen LogP contribution in [0.25, 0.3) is 21.1 Å². The van der Waals surface area contributed by atoms with Gasteiger partial charge in [-0.2, -0.15) is 5.10 Å². The molecule has 0 fully saturated rings. The number of thiazole rings is 1. The lowest BCUT2D eigenvalue weighted by Gasteiger charge is -2.07. The monoisotopic (exact) mass is 407 g/mol. The minimum Gasteiger partial charge on any atom is -0.259 e. The van der Waals surface area contributed by atoms with Crippen LogP contribution in [0.3, 0.4) is 0 Å². The fraction of sp³-hybridized carbons (Fsp3) is 0. The van der Waals surface area contributed by atoms with Crippen molar-refractivity contribution in [3.05, 3.63) is 102 Å². The second kappa shape index (κ2) is 8.23. The lowest BCUT2D eigenvalue weighted by molar-refractivity contribution is 1.02. The maximum atomic E-state index is 4.75. The van der Waals surface area contributed by atoms with Crippen molar-refractivity contribution in [1.29, 1.82) is 0 Å². The molecule has 2 heterocycles. The number of hydrogen-bond donors (Lipinski definition) is 1. The zero-order valence-corrected chi connectivity index (χ0v) is 16.8. The van der Waals surface area contributed by atoms with Gasteiger partial charge in [-0.1, -0.05) is 54.6 Å². The number of rotatable bonds is 4. The number of hydrazone groups is 1.